The molecule has 0 spiro atoms. The van der Waals surface area contributed by atoms with E-state index in [-0.39, 0.29) is 34.8 Å². The Morgan fingerprint density at radius 3 is 2.77 bits per heavy atom. The summed E-state index contributed by atoms with van der Waals surface area (Å²) in [4.78, 5) is 12.5. The number of carbonyl (C=O) groups is 1. The average Bonchev–Trinajstić information content (AvgIpc) is 2.94. The maximum absolute atomic E-state index is 12.7. The quantitative estimate of drug-likeness (QED) is 0.861. The van der Waals surface area contributed by atoms with E-state index in [0.29, 0.717) is 0 Å². The number of aromatic nitrogens is 1. The highest BCUT2D eigenvalue weighted by Gasteiger charge is 2.30. The zero-order valence-corrected chi connectivity index (χ0v) is 16.0. The number of hydrogen-bond acceptors (Lipinski definition) is 5. The number of hydrogen-bond donors (Lipinski definition) is 1. The summed E-state index contributed by atoms with van der Waals surface area (Å²) in [7, 11) is -2.45. The molecular formula is C18H23N3O4S. The number of nitrogens with zero attached hydrogens (tertiary/aromatic N) is 2. The monoisotopic (exact) mass is 377 g/mol. The summed E-state index contributed by atoms with van der Waals surface area (Å²) in [5.74, 6) is -0.111. The Balaban J connectivity index is 1.71. The van der Waals surface area contributed by atoms with E-state index in [9.17, 15) is 13.2 Å². The van der Waals surface area contributed by atoms with Crippen LogP contribution in [-0.2, 0) is 21.2 Å². The van der Waals surface area contributed by atoms with Gasteiger partial charge >= 0.3 is 0 Å². The molecule has 1 atom stereocenters. The van der Waals surface area contributed by atoms with Crippen molar-refractivity contribution in [2.24, 2.45) is 0 Å². The molecule has 8 heteroatoms. The second-order valence-electron chi connectivity index (χ2n) is 6.63. The molecule has 1 aromatic carbocycles. The molecule has 2 aromatic rings. The van der Waals surface area contributed by atoms with Crippen LogP contribution in [0.15, 0.2) is 33.7 Å². The first-order valence-corrected chi connectivity index (χ1v) is 10.0. The van der Waals surface area contributed by atoms with Crippen molar-refractivity contribution in [2.75, 3.05) is 13.6 Å². The number of aryl methyl sites for hydroxylation is 3. The predicted molar refractivity (Wildman–Crippen MR) is 96.1 cm³/mol. The Kier molecular flexibility index (Phi) is 5.15. The van der Waals surface area contributed by atoms with Gasteiger partial charge in [-0.25, -0.2) is 8.42 Å². The summed E-state index contributed by atoms with van der Waals surface area (Å²) in [6.45, 7) is 2.85. The lowest BCUT2D eigenvalue weighted by molar-refractivity contribution is -0.122. The smallest absolute Gasteiger partial charge is 0.248 e. The van der Waals surface area contributed by atoms with Gasteiger partial charge in [-0.1, -0.05) is 29.4 Å². The summed E-state index contributed by atoms with van der Waals surface area (Å²) in [5, 5.41) is 6.65. The van der Waals surface area contributed by atoms with Crippen molar-refractivity contribution < 1.29 is 17.7 Å². The summed E-state index contributed by atoms with van der Waals surface area (Å²) in [5.41, 5.74) is 2.64. The standard InChI is InChI=1S/C18H23N3O4S/c1-12-18(13(2)25-20-12)26(23,24)21(3)11-17(22)19-16-10-6-8-14-7-4-5-9-15(14)16/h4-5,7,9,16H,6,8,10-11H2,1-3H3,(H,19,22)/t16-/m1/s1. The molecule has 0 radical (unpaired) electrons. The third-order valence-corrected chi connectivity index (χ3v) is 6.76. The summed E-state index contributed by atoms with van der Waals surface area (Å²) < 4.78 is 31.4. The predicted octanol–water partition coefficient (Wildman–Crippen LogP) is 2.11. The van der Waals surface area contributed by atoms with Crippen LogP contribution in [0.1, 0.15) is 41.5 Å². The largest absolute Gasteiger partial charge is 0.360 e. The van der Waals surface area contributed by atoms with Crippen molar-refractivity contribution in [3.05, 3.63) is 46.8 Å². The van der Waals surface area contributed by atoms with Crippen LogP contribution in [0.3, 0.4) is 0 Å². The van der Waals surface area contributed by atoms with E-state index in [1.54, 1.807) is 13.8 Å². The normalized spacial score (nSPS) is 17.2. The maximum Gasteiger partial charge on any atom is 0.248 e. The lowest BCUT2D eigenvalue weighted by atomic mass is 9.88. The van der Waals surface area contributed by atoms with Gasteiger partial charge in [-0.05, 0) is 44.2 Å². The third kappa shape index (κ3) is 3.52. The van der Waals surface area contributed by atoms with Gasteiger partial charge in [0.1, 0.15) is 10.6 Å². The minimum atomic E-state index is -3.84. The fourth-order valence-corrected chi connectivity index (χ4v) is 4.84. The van der Waals surface area contributed by atoms with Crippen LogP contribution in [0.25, 0.3) is 0 Å². The van der Waals surface area contributed by atoms with E-state index in [2.05, 4.69) is 16.5 Å². The van der Waals surface area contributed by atoms with Gasteiger partial charge in [-0.2, -0.15) is 4.31 Å². The molecule has 1 aromatic heterocycles. The highest BCUT2D eigenvalue weighted by Crippen LogP contribution is 2.29. The lowest BCUT2D eigenvalue weighted by Gasteiger charge is -2.27. The Hall–Kier alpha value is -2.19. The van der Waals surface area contributed by atoms with Crippen LogP contribution >= 0.6 is 0 Å². The van der Waals surface area contributed by atoms with Gasteiger partial charge < -0.3 is 9.84 Å². The second-order valence-corrected chi connectivity index (χ2v) is 8.61. The molecule has 0 fully saturated rings. The lowest BCUT2D eigenvalue weighted by Crippen LogP contribution is -2.40. The number of fused-ring (bicyclic) bond motifs is 1. The van der Waals surface area contributed by atoms with Gasteiger partial charge in [0.2, 0.25) is 15.9 Å². The third-order valence-electron chi connectivity index (χ3n) is 4.71. The van der Waals surface area contributed by atoms with Crippen molar-refractivity contribution in [2.45, 2.75) is 44.0 Å². The molecule has 7 nitrogen and oxygen atoms in total. The molecule has 1 amide bonds. The van der Waals surface area contributed by atoms with Gasteiger partial charge in [0, 0.05) is 7.05 Å². The molecule has 1 heterocycles. The SMILES string of the molecule is Cc1noc(C)c1S(=O)(=O)N(C)CC(=O)N[C@@H]1CCCc2ccccc21. The molecule has 140 valence electrons. The van der Waals surface area contributed by atoms with Crippen LogP contribution in [0.2, 0.25) is 0 Å². The van der Waals surface area contributed by atoms with E-state index in [0.717, 1.165) is 29.1 Å². The number of carbonyl (C=O) groups excluding carboxylic acids is 1. The molecule has 0 saturated carbocycles. The highest BCUT2D eigenvalue weighted by atomic mass is 32.2. The number of benzene rings is 1. The van der Waals surface area contributed by atoms with E-state index in [1.165, 1.54) is 12.6 Å². The van der Waals surface area contributed by atoms with E-state index in [1.807, 2.05) is 18.2 Å². The maximum atomic E-state index is 12.7. The van der Waals surface area contributed by atoms with Gasteiger partial charge in [0.05, 0.1) is 12.6 Å². The molecule has 1 aliphatic rings. The number of likely N-dealkylation sites (N-methyl/N-ethyl adjacent to an activating group) is 1. The number of rotatable bonds is 5. The average molecular weight is 377 g/mol. The molecule has 3 rings (SSSR count). The first-order chi connectivity index (χ1) is 12.3. The molecular weight excluding hydrogens is 354 g/mol. The Bertz CT molecular complexity index is 901. The minimum absolute atomic E-state index is 0.0239. The van der Waals surface area contributed by atoms with Crippen LogP contribution in [-0.4, -0.2) is 37.4 Å². The zero-order chi connectivity index (χ0) is 18.9. The summed E-state index contributed by atoms with van der Waals surface area (Å²) in [6, 6.07) is 7.96. The number of nitrogens with one attached hydrogen (secondary N) is 1. The van der Waals surface area contributed by atoms with Gasteiger partial charge in [0.15, 0.2) is 5.76 Å². The van der Waals surface area contributed by atoms with Crippen LogP contribution < -0.4 is 5.32 Å². The van der Waals surface area contributed by atoms with Crippen molar-refractivity contribution in [3.8, 4) is 0 Å². The zero-order valence-electron chi connectivity index (χ0n) is 15.2. The van der Waals surface area contributed by atoms with Crippen molar-refractivity contribution in [1.82, 2.24) is 14.8 Å². The summed E-state index contributed by atoms with van der Waals surface area (Å²) >= 11 is 0. The Morgan fingerprint density at radius 2 is 2.08 bits per heavy atom. The molecule has 0 unspecified atom stereocenters. The number of sulfonamides is 1. The first kappa shape index (κ1) is 18.6. The van der Waals surface area contributed by atoms with E-state index < -0.39 is 10.0 Å². The summed E-state index contributed by atoms with van der Waals surface area (Å²) in [6.07, 6.45) is 2.85. The van der Waals surface area contributed by atoms with Crippen molar-refractivity contribution >= 4 is 15.9 Å². The molecule has 0 aliphatic heterocycles. The molecule has 26 heavy (non-hydrogen) atoms. The topological polar surface area (TPSA) is 92.5 Å². The van der Waals surface area contributed by atoms with Crippen molar-refractivity contribution in [3.63, 3.8) is 0 Å². The highest BCUT2D eigenvalue weighted by molar-refractivity contribution is 7.89. The van der Waals surface area contributed by atoms with Gasteiger partial charge in [0.25, 0.3) is 0 Å². The van der Waals surface area contributed by atoms with Crippen molar-refractivity contribution in [1.29, 1.82) is 0 Å². The second kappa shape index (κ2) is 7.20. The molecule has 1 aliphatic carbocycles. The minimum Gasteiger partial charge on any atom is -0.360 e. The first-order valence-electron chi connectivity index (χ1n) is 8.57. The fourth-order valence-electron chi connectivity index (χ4n) is 3.43. The fraction of sp³-hybridized carbons (Fsp3) is 0.444. The van der Waals surface area contributed by atoms with Crippen LogP contribution in [0.4, 0.5) is 0 Å². The van der Waals surface area contributed by atoms with Gasteiger partial charge in [-0.3, -0.25) is 4.79 Å². The molecule has 0 bridgehead atoms. The van der Waals surface area contributed by atoms with E-state index >= 15 is 0 Å². The van der Waals surface area contributed by atoms with Crippen LogP contribution in [0, 0.1) is 13.8 Å². The Labute approximate surface area is 153 Å². The number of amides is 1. The Morgan fingerprint density at radius 1 is 1.35 bits per heavy atom. The van der Waals surface area contributed by atoms with E-state index in [4.69, 9.17) is 4.52 Å². The van der Waals surface area contributed by atoms with Gasteiger partial charge in [-0.15, -0.1) is 0 Å². The molecule has 0 saturated heterocycles. The molecule has 1 N–H and O–H groups in total. The van der Waals surface area contributed by atoms with Crippen LogP contribution in [0.5, 0.6) is 0 Å².